The Morgan fingerprint density at radius 2 is 1.44 bits per heavy atom. The van der Waals surface area contributed by atoms with Crippen LogP contribution in [-0.4, -0.2) is 30.9 Å². The van der Waals surface area contributed by atoms with Gasteiger partial charge < -0.3 is 9.47 Å². The molecule has 0 saturated carbocycles. The summed E-state index contributed by atoms with van der Waals surface area (Å²) >= 11 is 1.54. The Kier molecular flexibility index (Phi) is 9.17. The first kappa shape index (κ1) is 20.6. The molecular weight excluding hydrogens is 340 g/mol. The average Bonchev–Trinajstić information content (AvgIpc) is 3.02. The van der Waals surface area contributed by atoms with Crippen LogP contribution in [0.2, 0.25) is 0 Å². The summed E-state index contributed by atoms with van der Waals surface area (Å²) in [6, 6.07) is 13.2. The summed E-state index contributed by atoms with van der Waals surface area (Å²) in [4.78, 5) is 35.1. The fourth-order valence-corrected chi connectivity index (χ4v) is 2.66. The molecule has 0 N–H and O–H groups in total. The van der Waals surface area contributed by atoms with Crippen molar-refractivity contribution in [3.8, 4) is 0 Å². The third-order valence-corrected chi connectivity index (χ3v) is 3.90. The minimum Gasteiger partial charge on any atom is -0.466 e. The van der Waals surface area contributed by atoms with E-state index in [0.29, 0.717) is 0 Å². The number of rotatable bonds is 6. The van der Waals surface area contributed by atoms with Gasteiger partial charge in [0.15, 0.2) is 0 Å². The molecule has 0 saturated heterocycles. The largest absolute Gasteiger partial charge is 0.466 e. The molecule has 0 atom stereocenters. The number of esters is 2. The molecule has 0 fully saturated rings. The zero-order valence-corrected chi connectivity index (χ0v) is 15.4. The normalized spacial score (nSPS) is 9.56. The van der Waals surface area contributed by atoms with Gasteiger partial charge in [0.2, 0.25) is 5.78 Å². The van der Waals surface area contributed by atoms with Gasteiger partial charge in [-0.3, -0.25) is 14.4 Å². The third-order valence-electron chi connectivity index (χ3n) is 2.90. The number of benzene rings is 1. The van der Waals surface area contributed by atoms with Crippen LogP contribution in [0.5, 0.6) is 0 Å². The average molecular weight is 362 g/mol. The van der Waals surface area contributed by atoms with Gasteiger partial charge in [0.1, 0.15) is 6.42 Å². The van der Waals surface area contributed by atoms with Crippen LogP contribution in [0.25, 0.3) is 0 Å². The van der Waals surface area contributed by atoms with Gasteiger partial charge in [0.05, 0.1) is 18.1 Å². The van der Waals surface area contributed by atoms with Crippen LogP contribution in [0.15, 0.2) is 42.5 Å². The molecule has 0 aliphatic rings. The van der Waals surface area contributed by atoms with Gasteiger partial charge >= 0.3 is 11.9 Å². The minimum atomic E-state index is -0.536. The Morgan fingerprint density at radius 1 is 0.880 bits per heavy atom. The predicted octanol–water partition coefficient (Wildman–Crippen LogP) is 3.79. The van der Waals surface area contributed by atoms with Gasteiger partial charge in [-0.05, 0) is 32.9 Å². The van der Waals surface area contributed by atoms with Crippen LogP contribution in [0.3, 0.4) is 0 Å². The van der Waals surface area contributed by atoms with E-state index >= 15 is 0 Å². The van der Waals surface area contributed by atoms with Gasteiger partial charge in [-0.2, -0.15) is 0 Å². The van der Waals surface area contributed by atoms with Crippen molar-refractivity contribution in [3.05, 3.63) is 57.8 Å². The molecule has 134 valence electrons. The maximum absolute atomic E-state index is 11.9. The maximum Gasteiger partial charge on any atom is 0.317 e. The molecule has 2 aromatic rings. The zero-order chi connectivity index (χ0) is 18.7. The van der Waals surface area contributed by atoms with Crippen molar-refractivity contribution < 1.29 is 23.9 Å². The van der Waals surface area contributed by atoms with Crippen molar-refractivity contribution in [2.75, 3.05) is 13.2 Å². The number of carbonyl (C=O) groups is 3. The first-order valence-electron chi connectivity index (χ1n) is 7.95. The minimum absolute atomic E-state index is 0.115. The third kappa shape index (κ3) is 7.76. The number of hydrogen-bond acceptors (Lipinski definition) is 6. The summed E-state index contributed by atoms with van der Waals surface area (Å²) in [5.74, 6) is -0.958. The zero-order valence-electron chi connectivity index (χ0n) is 14.6. The molecule has 6 heteroatoms. The van der Waals surface area contributed by atoms with Gasteiger partial charge in [-0.1, -0.05) is 30.3 Å². The highest BCUT2D eigenvalue weighted by molar-refractivity contribution is 7.14. The lowest BCUT2D eigenvalue weighted by atomic mass is 10.1. The first-order chi connectivity index (χ1) is 12.0. The smallest absolute Gasteiger partial charge is 0.317 e. The molecule has 1 heterocycles. The van der Waals surface area contributed by atoms with E-state index in [2.05, 4.69) is 9.47 Å². The van der Waals surface area contributed by atoms with Crippen LogP contribution < -0.4 is 0 Å². The summed E-state index contributed by atoms with van der Waals surface area (Å²) in [7, 11) is 0. The quantitative estimate of drug-likeness (QED) is 0.444. The van der Waals surface area contributed by atoms with E-state index in [1.165, 1.54) is 4.88 Å². The molecule has 0 radical (unpaired) electrons. The number of ketones is 1. The standard InChI is InChI=1S/C12H10OS.C7H12O4/c1-9-7-8-11(14-9)12(13)10-5-3-2-4-6-10;1-3-10-6(8)5-7(9)11-4-2/h2-8H,1H3;3-5H2,1-2H3. The lowest BCUT2D eigenvalue weighted by Gasteiger charge is -2.00. The Bertz CT molecular complexity index is 675. The van der Waals surface area contributed by atoms with Crippen molar-refractivity contribution in [3.63, 3.8) is 0 Å². The van der Waals surface area contributed by atoms with E-state index in [4.69, 9.17) is 0 Å². The van der Waals surface area contributed by atoms with Crippen molar-refractivity contribution in [1.29, 1.82) is 0 Å². The highest BCUT2D eigenvalue weighted by Crippen LogP contribution is 2.18. The Hall–Kier alpha value is -2.47. The number of aryl methyl sites for hydroxylation is 1. The van der Waals surface area contributed by atoms with Crippen molar-refractivity contribution >= 4 is 29.1 Å². The summed E-state index contributed by atoms with van der Waals surface area (Å²) in [6.45, 7) is 5.95. The molecule has 0 unspecified atom stereocenters. The fourth-order valence-electron chi connectivity index (χ4n) is 1.83. The summed E-state index contributed by atoms with van der Waals surface area (Å²) < 4.78 is 9.04. The van der Waals surface area contributed by atoms with Crippen LogP contribution in [0.1, 0.15) is 40.4 Å². The number of ether oxygens (including phenoxy) is 2. The summed E-state index contributed by atoms with van der Waals surface area (Å²) in [5.41, 5.74) is 0.759. The molecule has 1 aromatic carbocycles. The maximum atomic E-state index is 11.9. The van der Waals surface area contributed by atoms with E-state index in [-0.39, 0.29) is 25.4 Å². The molecule has 0 amide bonds. The fraction of sp³-hybridized carbons (Fsp3) is 0.316. The van der Waals surface area contributed by atoms with Gasteiger partial charge in [-0.15, -0.1) is 11.3 Å². The number of carbonyl (C=O) groups excluding carboxylic acids is 3. The highest BCUT2D eigenvalue weighted by Gasteiger charge is 2.10. The van der Waals surface area contributed by atoms with E-state index in [1.54, 1.807) is 25.2 Å². The highest BCUT2D eigenvalue weighted by atomic mass is 32.1. The number of thiophene rings is 1. The summed E-state index contributed by atoms with van der Waals surface area (Å²) in [6.07, 6.45) is -0.290. The molecule has 2 rings (SSSR count). The molecular formula is C19H22O5S. The molecule has 1 aromatic heterocycles. The lowest BCUT2D eigenvalue weighted by Crippen LogP contribution is -2.13. The number of hydrogen-bond donors (Lipinski definition) is 0. The molecule has 0 aliphatic carbocycles. The monoisotopic (exact) mass is 362 g/mol. The van der Waals surface area contributed by atoms with Crippen LogP contribution in [-0.2, 0) is 19.1 Å². The SMILES string of the molecule is CCOC(=O)CC(=O)OCC.Cc1ccc(C(=O)c2ccccc2)s1. The van der Waals surface area contributed by atoms with Gasteiger partial charge in [0.25, 0.3) is 0 Å². The second-order valence-electron chi connectivity index (χ2n) is 4.89. The van der Waals surface area contributed by atoms with Crippen LogP contribution in [0, 0.1) is 6.92 Å². The Labute approximate surface area is 151 Å². The van der Waals surface area contributed by atoms with Crippen LogP contribution >= 0.6 is 11.3 Å². The van der Waals surface area contributed by atoms with E-state index in [9.17, 15) is 14.4 Å². The molecule has 25 heavy (non-hydrogen) atoms. The van der Waals surface area contributed by atoms with Crippen molar-refractivity contribution in [2.24, 2.45) is 0 Å². The van der Waals surface area contributed by atoms with Gasteiger partial charge in [-0.25, -0.2) is 0 Å². The van der Waals surface area contributed by atoms with Gasteiger partial charge in [0, 0.05) is 10.4 Å². The van der Waals surface area contributed by atoms with Crippen molar-refractivity contribution in [1.82, 2.24) is 0 Å². The Morgan fingerprint density at radius 3 is 1.88 bits per heavy atom. The summed E-state index contributed by atoms with van der Waals surface area (Å²) in [5, 5.41) is 0. The Balaban J connectivity index is 0.000000260. The second kappa shape index (κ2) is 11.1. The van der Waals surface area contributed by atoms with E-state index < -0.39 is 11.9 Å². The van der Waals surface area contributed by atoms with E-state index in [1.807, 2.05) is 49.4 Å². The topological polar surface area (TPSA) is 69.7 Å². The molecule has 0 aliphatic heterocycles. The lowest BCUT2D eigenvalue weighted by molar-refractivity contribution is -0.153. The first-order valence-corrected chi connectivity index (χ1v) is 8.77. The molecule has 5 nitrogen and oxygen atoms in total. The van der Waals surface area contributed by atoms with Crippen molar-refractivity contribution in [2.45, 2.75) is 27.2 Å². The second-order valence-corrected chi connectivity index (χ2v) is 6.18. The molecule has 0 bridgehead atoms. The van der Waals surface area contributed by atoms with E-state index in [0.717, 1.165) is 10.4 Å². The van der Waals surface area contributed by atoms with Crippen LogP contribution in [0.4, 0.5) is 0 Å². The predicted molar refractivity (Wildman–Crippen MR) is 96.8 cm³/mol. The molecule has 0 spiro atoms.